The molecule has 1 N–H and O–H groups in total. The Morgan fingerprint density at radius 2 is 1.93 bits per heavy atom. The zero-order valence-corrected chi connectivity index (χ0v) is 9.33. The van der Waals surface area contributed by atoms with Crippen molar-refractivity contribution in [2.24, 2.45) is 5.92 Å². The third kappa shape index (κ3) is 2.57. The zero-order valence-electron chi connectivity index (χ0n) is 9.33. The molecule has 1 aliphatic rings. The first kappa shape index (κ1) is 10.6. The van der Waals surface area contributed by atoms with Crippen molar-refractivity contribution in [1.29, 1.82) is 0 Å². The van der Waals surface area contributed by atoms with Gasteiger partial charge in [0.2, 0.25) is 0 Å². The Morgan fingerprint density at radius 1 is 1.27 bits per heavy atom. The van der Waals surface area contributed by atoms with Crippen LogP contribution in [0.1, 0.15) is 38.3 Å². The molecule has 0 amide bonds. The van der Waals surface area contributed by atoms with E-state index in [2.05, 4.69) is 12.2 Å². The minimum absolute atomic E-state index is 0.0989. The monoisotopic (exact) mass is 207 g/mol. The van der Waals surface area contributed by atoms with Crippen LogP contribution in [0, 0.1) is 11.7 Å². The van der Waals surface area contributed by atoms with Crippen LogP contribution in [0.15, 0.2) is 24.3 Å². The Balaban J connectivity index is 2.00. The third-order valence-corrected chi connectivity index (χ3v) is 3.21. The highest BCUT2D eigenvalue weighted by Gasteiger charge is 2.28. The second-order valence-electron chi connectivity index (χ2n) is 4.54. The Bertz CT molecular complexity index is 333. The highest BCUT2D eigenvalue weighted by molar-refractivity contribution is 5.20. The van der Waals surface area contributed by atoms with Gasteiger partial charge in [-0.15, -0.1) is 0 Å². The van der Waals surface area contributed by atoms with E-state index in [1.807, 2.05) is 19.1 Å². The molecule has 1 fully saturated rings. The quantitative estimate of drug-likeness (QED) is 0.799. The molecule has 2 atom stereocenters. The van der Waals surface area contributed by atoms with Gasteiger partial charge in [-0.3, -0.25) is 0 Å². The number of nitrogens with one attached hydrogen (secondary N) is 1. The number of benzene rings is 1. The number of hydrogen-bond acceptors (Lipinski definition) is 1. The van der Waals surface area contributed by atoms with E-state index in [0.29, 0.717) is 6.04 Å². The lowest BCUT2D eigenvalue weighted by molar-refractivity contribution is 0.430. The van der Waals surface area contributed by atoms with E-state index in [1.54, 1.807) is 6.07 Å². The highest BCUT2D eigenvalue weighted by atomic mass is 19.1. The van der Waals surface area contributed by atoms with E-state index in [0.717, 1.165) is 11.5 Å². The molecule has 15 heavy (non-hydrogen) atoms. The summed E-state index contributed by atoms with van der Waals surface area (Å²) < 4.78 is 13.5. The summed E-state index contributed by atoms with van der Waals surface area (Å²) in [6, 6.07) is 7.59. The van der Waals surface area contributed by atoms with Crippen LogP contribution in [0.5, 0.6) is 0 Å². The molecule has 0 saturated heterocycles. The molecule has 0 aromatic heterocycles. The lowest BCUT2D eigenvalue weighted by Gasteiger charge is -2.20. The molecule has 0 heterocycles. The maximum Gasteiger partial charge on any atom is 0.127 e. The van der Waals surface area contributed by atoms with Gasteiger partial charge in [0.1, 0.15) is 5.82 Å². The number of hydrogen-bond donors (Lipinski definition) is 1. The predicted octanol–water partition coefficient (Wildman–Crippen LogP) is 3.27. The maximum absolute atomic E-state index is 13.5. The lowest BCUT2D eigenvalue weighted by atomic mass is 10.1. The van der Waals surface area contributed by atoms with Gasteiger partial charge >= 0.3 is 0 Å². The van der Waals surface area contributed by atoms with Gasteiger partial charge in [-0.05, 0) is 38.7 Å². The SMILES string of the molecule is CC(N[C@H](C)c1ccccc1F)C1CC1. The van der Waals surface area contributed by atoms with Gasteiger partial charge < -0.3 is 5.32 Å². The first-order chi connectivity index (χ1) is 7.18. The summed E-state index contributed by atoms with van der Waals surface area (Å²) in [6.45, 7) is 4.21. The fourth-order valence-electron chi connectivity index (χ4n) is 2.04. The van der Waals surface area contributed by atoms with Crippen LogP contribution in [0.3, 0.4) is 0 Å². The summed E-state index contributed by atoms with van der Waals surface area (Å²) >= 11 is 0. The molecule has 1 aromatic rings. The lowest BCUT2D eigenvalue weighted by Crippen LogP contribution is -2.30. The van der Waals surface area contributed by atoms with Gasteiger partial charge in [0.25, 0.3) is 0 Å². The second kappa shape index (κ2) is 4.31. The van der Waals surface area contributed by atoms with Crippen LogP contribution < -0.4 is 5.32 Å². The molecule has 0 aliphatic heterocycles. The van der Waals surface area contributed by atoms with Gasteiger partial charge in [0, 0.05) is 17.6 Å². The van der Waals surface area contributed by atoms with E-state index in [1.165, 1.54) is 18.9 Å². The zero-order chi connectivity index (χ0) is 10.8. The molecule has 2 heteroatoms. The highest BCUT2D eigenvalue weighted by Crippen LogP contribution is 2.33. The average molecular weight is 207 g/mol. The average Bonchev–Trinajstić information content (AvgIpc) is 3.01. The van der Waals surface area contributed by atoms with Crippen molar-refractivity contribution in [3.05, 3.63) is 35.6 Å². The standard InChI is InChI=1S/C13H18FN/c1-9(11-7-8-11)15-10(2)12-5-3-4-6-13(12)14/h3-6,9-11,15H,7-8H2,1-2H3/t9?,10-/m1/s1. The van der Waals surface area contributed by atoms with Crippen LogP contribution >= 0.6 is 0 Å². The van der Waals surface area contributed by atoms with Crippen LogP contribution in [-0.4, -0.2) is 6.04 Å². The van der Waals surface area contributed by atoms with Crippen molar-refractivity contribution in [2.75, 3.05) is 0 Å². The van der Waals surface area contributed by atoms with Crippen LogP contribution in [0.2, 0.25) is 0 Å². The minimum Gasteiger partial charge on any atom is -0.307 e. The second-order valence-corrected chi connectivity index (χ2v) is 4.54. The topological polar surface area (TPSA) is 12.0 Å². The molecule has 1 nitrogen and oxygen atoms in total. The molecule has 2 rings (SSSR count). The largest absolute Gasteiger partial charge is 0.307 e. The molecule has 0 spiro atoms. The molecule has 1 aromatic carbocycles. The summed E-state index contributed by atoms with van der Waals surface area (Å²) in [7, 11) is 0. The number of halogens is 1. The van der Waals surface area contributed by atoms with E-state index in [4.69, 9.17) is 0 Å². The third-order valence-electron chi connectivity index (χ3n) is 3.21. The fourth-order valence-corrected chi connectivity index (χ4v) is 2.04. The van der Waals surface area contributed by atoms with Crippen molar-refractivity contribution >= 4 is 0 Å². The summed E-state index contributed by atoms with van der Waals surface area (Å²) in [5.74, 6) is 0.694. The summed E-state index contributed by atoms with van der Waals surface area (Å²) in [4.78, 5) is 0. The van der Waals surface area contributed by atoms with Gasteiger partial charge in [-0.2, -0.15) is 0 Å². The van der Waals surface area contributed by atoms with E-state index >= 15 is 0 Å². The molecule has 1 aliphatic carbocycles. The first-order valence-corrected chi connectivity index (χ1v) is 5.69. The molecule has 0 bridgehead atoms. The normalized spacial score (nSPS) is 19.9. The Morgan fingerprint density at radius 3 is 2.53 bits per heavy atom. The summed E-state index contributed by atoms with van der Waals surface area (Å²) in [5, 5.41) is 3.46. The molecule has 82 valence electrons. The number of rotatable bonds is 4. The van der Waals surface area contributed by atoms with Crippen LogP contribution in [0.4, 0.5) is 4.39 Å². The van der Waals surface area contributed by atoms with Crippen LogP contribution in [-0.2, 0) is 0 Å². The molecular formula is C13H18FN. The van der Waals surface area contributed by atoms with Gasteiger partial charge in [0.15, 0.2) is 0 Å². The van der Waals surface area contributed by atoms with Gasteiger partial charge in [-0.25, -0.2) is 4.39 Å². The van der Waals surface area contributed by atoms with Crippen LogP contribution in [0.25, 0.3) is 0 Å². The Hall–Kier alpha value is -0.890. The maximum atomic E-state index is 13.5. The molecule has 1 unspecified atom stereocenters. The van der Waals surface area contributed by atoms with Gasteiger partial charge in [0.05, 0.1) is 0 Å². The predicted molar refractivity (Wildman–Crippen MR) is 60.1 cm³/mol. The fraction of sp³-hybridized carbons (Fsp3) is 0.538. The minimum atomic E-state index is -0.111. The Labute approximate surface area is 90.7 Å². The molecular weight excluding hydrogens is 189 g/mol. The van der Waals surface area contributed by atoms with Crippen molar-refractivity contribution in [2.45, 2.75) is 38.8 Å². The van der Waals surface area contributed by atoms with E-state index < -0.39 is 0 Å². The summed E-state index contributed by atoms with van der Waals surface area (Å²) in [5.41, 5.74) is 0.769. The van der Waals surface area contributed by atoms with Crippen molar-refractivity contribution in [3.8, 4) is 0 Å². The smallest absolute Gasteiger partial charge is 0.127 e. The first-order valence-electron chi connectivity index (χ1n) is 5.69. The van der Waals surface area contributed by atoms with Crippen molar-refractivity contribution in [1.82, 2.24) is 5.32 Å². The Kier molecular flexibility index (Phi) is 3.06. The molecule has 0 radical (unpaired) electrons. The van der Waals surface area contributed by atoms with E-state index in [-0.39, 0.29) is 11.9 Å². The summed E-state index contributed by atoms with van der Waals surface area (Å²) in [6.07, 6.45) is 2.64. The van der Waals surface area contributed by atoms with Crippen molar-refractivity contribution in [3.63, 3.8) is 0 Å². The van der Waals surface area contributed by atoms with Gasteiger partial charge in [-0.1, -0.05) is 18.2 Å². The van der Waals surface area contributed by atoms with Crippen molar-refractivity contribution < 1.29 is 4.39 Å². The molecule has 1 saturated carbocycles. The van der Waals surface area contributed by atoms with E-state index in [9.17, 15) is 4.39 Å².